The van der Waals surface area contributed by atoms with Crippen LogP contribution in [0.15, 0.2) is 85.4 Å². The summed E-state index contributed by atoms with van der Waals surface area (Å²) >= 11 is 3.18. The summed E-state index contributed by atoms with van der Waals surface area (Å²) in [7, 11) is 0. The first kappa shape index (κ1) is 20.8. The first-order chi connectivity index (χ1) is 16.4. The lowest BCUT2D eigenvalue weighted by Crippen LogP contribution is -2.38. The van der Waals surface area contributed by atoms with E-state index in [9.17, 15) is 23.6 Å². The van der Waals surface area contributed by atoms with Crippen LogP contribution in [0.4, 0.5) is 4.39 Å². The van der Waals surface area contributed by atoms with Gasteiger partial charge >= 0.3 is 23.3 Å². The van der Waals surface area contributed by atoms with Crippen molar-refractivity contribution in [1.29, 1.82) is 0 Å². The monoisotopic (exact) mass is 523 g/mol. The topological polar surface area (TPSA) is 92.3 Å². The number of ether oxygens (including phenoxy) is 1. The maximum atomic E-state index is 14.0. The summed E-state index contributed by atoms with van der Waals surface area (Å²) in [4.78, 5) is 51.8. The van der Waals surface area contributed by atoms with Crippen molar-refractivity contribution in [3.8, 4) is 5.69 Å². The number of halogens is 2. The Kier molecular flexibility index (Phi) is 4.50. The molecule has 0 unspecified atom stereocenters. The summed E-state index contributed by atoms with van der Waals surface area (Å²) in [6.07, 6.45) is 1.82. The number of aromatic nitrogens is 3. The van der Waals surface area contributed by atoms with Crippen molar-refractivity contribution in [2.75, 3.05) is 0 Å². The molecule has 0 saturated carbocycles. The molecule has 0 N–H and O–H groups in total. The van der Waals surface area contributed by atoms with Gasteiger partial charge in [0.15, 0.2) is 0 Å². The van der Waals surface area contributed by atoms with E-state index in [-0.39, 0.29) is 28.6 Å². The Labute approximate surface area is 199 Å². The number of benzene rings is 2. The van der Waals surface area contributed by atoms with Crippen LogP contribution in [0, 0.1) is 5.82 Å². The largest absolute Gasteiger partial charge is 0.386 e. The molecule has 3 heterocycles. The fourth-order valence-corrected chi connectivity index (χ4v) is 5.47. The molecule has 0 fully saturated rings. The quantitative estimate of drug-likeness (QED) is 0.292. The highest BCUT2D eigenvalue weighted by atomic mass is 79.9. The second-order valence-electron chi connectivity index (χ2n) is 8.26. The zero-order valence-electron chi connectivity index (χ0n) is 17.4. The van der Waals surface area contributed by atoms with Crippen molar-refractivity contribution in [2.45, 2.75) is 24.9 Å². The van der Waals surface area contributed by atoms with Gasteiger partial charge in [0.25, 0.3) is 0 Å². The standard InChI is InChI=1S/C24H15BrFN3O5/c25-16-10-12(6-7-17(16)26)19-14-8-9-27-23(32)28(13-4-2-1-3-5-13)24(33)29(27)18(14)11-15-20(19)22(31)34-21(15)30/h1-8,10,18-19H,9,11H2/t18-,19+/m1/s1. The third kappa shape index (κ3) is 2.81. The minimum atomic E-state index is -0.764. The van der Waals surface area contributed by atoms with Gasteiger partial charge in [-0.15, -0.1) is 0 Å². The predicted octanol–water partition coefficient (Wildman–Crippen LogP) is 2.75. The van der Waals surface area contributed by atoms with Gasteiger partial charge < -0.3 is 4.74 Å². The van der Waals surface area contributed by atoms with E-state index in [4.69, 9.17) is 4.74 Å². The molecule has 0 saturated heterocycles. The zero-order chi connectivity index (χ0) is 23.7. The lowest BCUT2D eigenvalue weighted by molar-refractivity contribution is -0.151. The summed E-state index contributed by atoms with van der Waals surface area (Å²) in [6.45, 7) is 0.101. The van der Waals surface area contributed by atoms with E-state index < -0.39 is 41.1 Å². The molecule has 10 heteroatoms. The molecule has 2 atom stereocenters. The molecule has 170 valence electrons. The molecule has 2 aliphatic heterocycles. The molecule has 1 aliphatic carbocycles. The zero-order valence-corrected chi connectivity index (χ0v) is 19.0. The SMILES string of the molecule is O=C1OC(=O)C2=C1C[C@@H]1C(=CCn3c(=O)n(-c4ccccc4)c(=O)n31)[C@@H]2c1ccc(F)c(Br)c1. The number of para-hydroxylation sites is 1. The Morgan fingerprint density at radius 2 is 1.74 bits per heavy atom. The average Bonchev–Trinajstić information content (AvgIpc) is 3.26. The second-order valence-corrected chi connectivity index (χ2v) is 9.12. The molecular formula is C24H15BrFN3O5. The smallest absolute Gasteiger partial charge is 0.352 e. The second kappa shape index (κ2) is 7.36. The third-order valence-electron chi connectivity index (χ3n) is 6.53. The van der Waals surface area contributed by atoms with Gasteiger partial charge in [-0.25, -0.2) is 37.5 Å². The van der Waals surface area contributed by atoms with Crippen LogP contribution in [-0.2, 0) is 20.9 Å². The highest BCUT2D eigenvalue weighted by Gasteiger charge is 2.48. The normalized spacial score (nSPS) is 21.1. The molecule has 8 nitrogen and oxygen atoms in total. The van der Waals surface area contributed by atoms with Crippen LogP contribution in [0.25, 0.3) is 5.69 Å². The van der Waals surface area contributed by atoms with Crippen LogP contribution in [0.5, 0.6) is 0 Å². The van der Waals surface area contributed by atoms with Crippen LogP contribution >= 0.6 is 15.9 Å². The van der Waals surface area contributed by atoms with Crippen molar-refractivity contribution in [3.63, 3.8) is 0 Å². The van der Waals surface area contributed by atoms with E-state index in [0.29, 0.717) is 16.8 Å². The summed E-state index contributed by atoms with van der Waals surface area (Å²) in [6, 6.07) is 12.2. The molecule has 0 radical (unpaired) electrons. The van der Waals surface area contributed by atoms with Crippen molar-refractivity contribution in [1.82, 2.24) is 13.9 Å². The third-order valence-corrected chi connectivity index (χ3v) is 7.13. The molecule has 3 aliphatic rings. The Morgan fingerprint density at radius 1 is 0.971 bits per heavy atom. The van der Waals surface area contributed by atoms with Gasteiger partial charge in [-0.3, -0.25) is 0 Å². The molecule has 3 aromatic rings. The summed E-state index contributed by atoms with van der Waals surface area (Å²) in [5.74, 6) is -2.71. The van der Waals surface area contributed by atoms with E-state index in [1.807, 2.05) is 0 Å². The van der Waals surface area contributed by atoms with Crippen molar-refractivity contribution in [3.05, 3.63) is 108 Å². The number of cyclic esters (lactones) is 2. The van der Waals surface area contributed by atoms with Gasteiger partial charge in [-0.1, -0.05) is 30.3 Å². The first-order valence-electron chi connectivity index (χ1n) is 10.5. The molecule has 0 amide bonds. The first-order valence-corrected chi connectivity index (χ1v) is 11.3. The number of esters is 2. The number of allylic oxidation sites excluding steroid dienone is 2. The van der Waals surface area contributed by atoms with E-state index >= 15 is 0 Å². The predicted molar refractivity (Wildman–Crippen MR) is 121 cm³/mol. The number of hydrogen-bond acceptors (Lipinski definition) is 5. The van der Waals surface area contributed by atoms with Crippen LogP contribution in [0.1, 0.15) is 23.9 Å². The summed E-state index contributed by atoms with van der Waals surface area (Å²) in [5.41, 5.74) is 0.977. The Hall–Kier alpha value is -3.79. The maximum Gasteiger partial charge on any atom is 0.352 e. The molecule has 0 bridgehead atoms. The molecule has 0 spiro atoms. The highest BCUT2D eigenvalue weighted by molar-refractivity contribution is 9.10. The fourth-order valence-electron chi connectivity index (χ4n) is 5.07. The van der Waals surface area contributed by atoms with Crippen LogP contribution < -0.4 is 11.4 Å². The number of rotatable bonds is 2. The molecule has 34 heavy (non-hydrogen) atoms. The summed E-state index contributed by atoms with van der Waals surface area (Å²) < 4.78 is 22.8. The minimum Gasteiger partial charge on any atom is -0.386 e. The lowest BCUT2D eigenvalue weighted by Gasteiger charge is -2.36. The molecule has 1 aromatic heterocycles. The van der Waals surface area contributed by atoms with E-state index in [1.54, 1.807) is 42.5 Å². The van der Waals surface area contributed by atoms with E-state index in [2.05, 4.69) is 15.9 Å². The summed E-state index contributed by atoms with van der Waals surface area (Å²) in [5, 5.41) is 0. The number of carbonyl (C=O) groups is 2. The van der Waals surface area contributed by atoms with Gasteiger partial charge in [0.05, 0.1) is 33.9 Å². The van der Waals surface area contributed by atoms with Crippen LogP contribution in [0.2, 0.25) is 0 Å². The number of nitrogens with zero attached hydrogens (tertiary/aromatic N) is 3. The number of carbonyl (C=O) groups excluding carboxylic acids is 2. The number of fused-ring (bicyclic) bond motifs is 3. The Bertz CT molecular complexity index is 1590. The van der Waals surface area contributed by atoms with Gasteiger partial charge in [0.1, 0.15) is 5.82 Å². The molecular weight excluding hydrogens is 509 g/mol. The van der Waals surface area contributed by atoms with Gasteiger partial charge in [0.2, 0.25) is 0 Å². The Balaban J connectivity index is 1.58. The average molecular weight is 524 g/mol. The van der Waals surface area contributed by atoms with Crippen molar-refractivity contribution >= 4 is 27.9 Å². The van der Waals surface area contributed by atoms with Crippen molar-refractivity contribution in [2.24, 2.45) is 0 Å². The van der Waals surface area contributed by atoms with Gasteiger partial charge in [-0.05, 0) is 51.3 Å². The fraction of sp³-hybridized carbons (Fsp3) is 0.167. The van der Waals surface area contributed by atoms with Crippen molar-refractivity contribution < 1.29 is 18.7 Å². The van der Waals surface area contributed by atoms with Gasteiger partial charge in [0, 0.05) is 12.3 Å². The van der Waals surface area contributed by atoms with E-state index in [0.717, 1.165) is 4.57 Å². The minimum absolute atomic E-state index is 0.0305. The maximum absolute atomic E-state index is 14.0. The van der Waals surface area contributed by atoms with E-state index in [1.165, 1.54) is 21.5 Å². The number of hydrogen-bond donors (Lipinski definition) is 0. The van der Waals surface area contributed by atoms with Crippen LogP contribution in [0.3, 0.4) is 0 Å². The van der Waals surface area contributed by atoms with Gasteiger partial charge in [-0.2, -0.15) is 0 Å². The molecule has 2 aromatic carbocycles. The lowest BCUT2D eigenvalue weighted by atomic mass is 9.73. The molecule has 6 rings (SSSR count). The highest BCUT2D eigenvalue weighted by Crippen LogP contribution is 2.50. The van der Waals surface area contributed by atoms with Crippen LogP contribution in [-0.4, -0.2) is 25.9 Å². The Morgan fingerprint density at radius 3 is 2.47 bits per heavy atom.